The average Bonchev–Trinajstić information content (AvgIpc) is 0.722. The third-order valence-electron chi connectivity index (χ3n) is 0. The van der Waals surface area contributed by atoms with E-state index in [4.69, 9.17) is 15.9 Å². The molecule has 0 aromatic carbocycles. The normalized spacial score (nSPS) is 8.29. The van der Waals surface area contributed by atoms with Gasteiger partial charge in [-0.05, 0) is 0 Å². The van der Waals surface area contributed by atoms with Crippen LogP contribution in [0.3, 0.4) is 0 Å². The van der Waals surface area contributed by atoms with Gasteiger partial charge in [-0.25, -0.2) is 0 Å². The van der Waals surface area contributed by atoms with Crippen LogP contribution in [0.15, 0.2) is 0 Å². The van der Waals surface area contributed by atoms with Crippen LogP contribution in [0.2, 0.25) is 0 Å². The zero-order valence-electron chi connectivity index (χ0n) is 3.46. The van der Waals surface area contributed by atoms with Crippen LogP contribution in [-0.4, -0.2) is 0 Å². The molecule has 0 saturated heterocycles. The van der Waals surface area contributed by atoms with E-state index >= 15 is 0 Å². The number of rotatable bonds is 0. The first kappa shape index (κ1) is 15.8. The van der Waals surface area contributed by atoms with Crippen molar-refractivity contribution in [3.8, 4) is 0 Å². The topological polar surface area (TPSA) is 80.3 Å². The van der Waals surface area contributed by atoms with Crippen molar-refractivity contribution in [2.45, 2.75) is 0 Å². The number of hydrogen-bond acceptors (Lipinski definition) is 4. The summed E-state index contributed by atoms with van der Waals surface area (Å²) in [6, 6.07) is 0. The van der Waals surface area contributed by atoms with Crippen molar-refractivity contribution in [2.75, 3.05) is 0 Å². The maximum Gasteiger partial charge on any atom is 2.00 e. The van der Waals surface area contributed by atoms with Gasteiger partial charge in [0.05, 0.1) is 0 Å². The summed E-state index contributed by atoms with van der Waals surface area (Å²) in [6.07, 6.45) is 0. The number of hydrogen-bond donors (Lipinski definition) is 0. The van der Waals surface area contributed by atoms with E-state index in [9.17, 15) is 0 Å². The van der Waals surface area contributed by atoms with E-state index < -0.39 is 13.6 Å². The second-order valence-corrected chi connectivity index (χ2v) is 1.68. The summed E-state index contributed by atoms with van der Waals surface area (Å²) < 4.78 is 34.4. The van der Waals surface area contributed by atoms with Crippen molar-refractivity contribution in [2.24, 2.45) is 0 Å². The molecule has 0 bridgehead atoms. The van der Waals surface area contributed by atoms with Gasteiger partial charge in [0.1, 0.15) is 0 Å². The Labute approximate surface area is 76.0 Å². The van der Waals surface area contributed by atoms with Crippen molar-refractivity contribution in [3.05, 3.63) is 0 Å². The Balaban J connectivity index is -0.0000000800. The van der Waals surface area contributed by atoms with Gasteiger partial charge in [-0.3, -0.25) is 0 Å². The summed E-state index contributed by atoms with van der Waals surface area (Å²) in [7, 11) is 0. The van der Waals surface area contributed by atoms with Crippen LogP contribution in [-0.2, 0) is 68.4 Å². The second kappa shape index (κ2) is 5.74. The van der Waals surface area contributed by atoms with E-state index in [0.29, 0.717) is 0 Å². The van der Waals surface area contributed by atoms with E-state index in [-0.39, 0.29) is 47.1 Å². The molecule has 0 aliphatic carbocycles. The van der Waals surface area contributed by atoms with E-state index in [2.05, 4.69) is 0 Å². The molecule has 0 heterocycles. The van der Waals surface area contributed by atoms with Gasteiger partial charge in [0.15, 0.2) is 0 Å². The molecule has 0 rings (SSSR count). The van der Waals surface area contributed by atoms with Crippen LogP contribution in [0.1, 0.15) is 0 Å². The monoisotopic (exact) mass is 382 g/mol. The molecule has 4 nitrogen and oxygen atoms in total. The quantitative estimate of drug-likeness (QED) is 0.430. The third kappa shape index (κ3) is 92.3. The van der Waals surface area contributed by atoms with E-state index in [1.165, 1.54) is 0 Å². The first-order valence-corrected chi connectivity index (χ1v) is 2.75. The van der Waals surface area contributed by atoms with Gasteiger partial charge < -0.3 is 0 Å². The molecule has 0 unspecified atom stereocenters. The van der Waals surface area contributed by atoms with Crippen molar-refractivity contribution in [1.29, 1.82) is 0 Å². The molecule has 0 aromatic rings. The van der Waals surface area contributed by atoms with Crippen molar-refractivity contribution in [1.82, 2.24) is 0 Å². The van der Waals surface area contributed by atoms with Crippen LogP contribution in [0.5, 0.6) is 0 Å². The molecule has 7 heteroatoms. The minimum Gasteiger partial charge on any atom is 2.00 e. The molecule has 32 valence electrons. The van der Waals surface area contributed by atoms with Crippen LogP contribution >= 0.6 is 0 Å². The van der Waals surface area contributed by atoms with Gasteiger partial charge in [-0.1, -0.05) is 0 Å². The Morgan fingerprint density at radius 3 is 1.14 bits per heavy atom. The van der Waals surface area contributed by atoms with Crippen molar-refractivity contribution >= 4 is 0 Å². The molecule has 0 amide bonds. The smallest absolute Gasteiger partial charge is 2.00 e. The Morgan fingerprint density at radius 1 is 1.14 bits per heavy atom. The predicted octanol–water partition coefficient (Wildman–Crippen LogP) is -2.62. The van der Waals surface area contributed by atoms with E-state index in [0.717, 1.165) is 0 Å². The second-order valence-electron chi connectivity index (χ2n) is 0.408. The van der Waals surface area contributed by atoms with Gasteiger partial charge in [-0.15, -0.1) is 0 Å². The van der Waals surface area contributed by atoms with E-state index in [1.807, 2.05) is 0 Å². The molecular formula is CrHgO4Zn+2. The molecule has 7 heavy (non-hydrogen) atoms. The summed E-state index contributed by atoms with van der Waals surface area (Å²) in [4.78, 5) is 0. The summed E-state index contributed by atoms with van der Waals surface area (Å²) in [5.41, 5.74) is 0. The molecule has 0 atom stereocenters. The van der Waals surface area contributed by atoms with Crippen molar-refractivity contribution < 1.29 is 76.7 Å². The van der Waals surface area contributed by atoms with Gasteiger partial charge in [0, 0.05) is 0 Å². The van der Waals surface area contributed by atoms with Gasteiger partial charge in [-0.2, -0.15) is 0 Å². The maximum atomic E-state index is 8.59. The van der Waals surface area contributed by atoms with Crippen LogP contribution < -0.4 is 8.32 Å². The molecule has 0 N–H and O–H groups in total. The summed E-state index contributed by atoms with van der Waals surface area (Å²) in [5.74, 6) is 0. The largest absolute Gasteiger partial charge is 2.00 e. The molecule has 0 fully saturated rings. The van der Waals surface area contributed by atoms with Gasteiger partial charge in [0.25, 0.3) is 0 Å². The van der Waals surface area contributed by atoms with Crippen molar-refractivity contribution in [3.63, 3.8) is 0 Å². The predicted molar refractivity (Wildman–Crippen MR) is 1.37 cm³/mol. The van der Waals surface area contributed by atoms with Gasteiger partial charge >= 0.3 is 76.7 Å². The fraction of sp³-hybridized carbons (Fsp3) is 0. The molecule has 0 aliphatic heterocycles. The SMILES string of the molecule is [Hg+2].[O]=[Cr](=[O])([O-])[O-].[Zn+2]. The van der Waals surface area contributed by atoms with Crippen LogP contribution in [0.4, 0.5) is 0 Å². The Bertz CT molecular complexity index is 94.9. The first-order chi connectivity index (χ1) is 2.00. The standard InChI is InChI=1S/Cr.Hg.4O.Zn/q;+2;;;2*-1;+2. The van der Waals surface area contributed by atoms with Crippen LogP contribution in [0, 0.1) is 0 Å². The minimum absolute atomic E-state index is 0. The average molecular weight is 382 g/mol. The fourth-order valence-corrected chi connectivity index (χ4v) is 0. The zero-order chi connectivity index (χ0) is 4.50. The van der Waals surface area contributed by atoms with E-state index in [1.54, 1.807) is 0 Å². The zero-order valence-corrected chi connectivity index (χ0v) is 13.2. The first-order valence-electron chi connectivity index (χ1n) is 0.667. The Morgan fingerprint density at radius 2 is 1.14 bits per heavy atom. The van der Waals surface area contributed by atoms with Gasteiger partial charge in [0.2, 0.25) is 0 Å². The summed E-state index contributed by atoms with van der Waals surface area (Å²) in [6.45, 7) is 0. The molecule has 0 aliphatic rings. The minimum atomic E-state index is -5.75. The molecule has 0 aromatic heterocycles. The maximum absolute atomic E-state index is 8.59. The summed E-state index contributed by atoms with van der Waals surface area (Å²) in [5, 5.41) is 0. The summed E-state index contributed by atoms with van der Waals surface area (Å²) >= 11 is -5.75. The molecule has 0 saturated carbocycles. The molecular weight excluding hydrogens is 382 g/mol. The Kier molecular flexibility index (Phi) is 13.0. The Hall–Kier alpha value is 1.61. The third-order valence-corrected chi connectivity index (χ3v) is 0. The molecule has 0 radical (unpaired) electrons. The fourth-order valence-electron chi connectivity index (χ4n) is 0. The van der Waals surface area contributed by atoms with Crippen LogP contribution in [0.25, 0.3) is 0 Å². The molecule has 0 spiro atoms.